The Balaban J connectivity index is 2.03. The quantitative estimate of drug-likeness (QED) is 0.790. The zero-order chi connectivity index (χ0) is 15.0. The first-order valence-corrected chi connectivity index (χ1v) is 8.29. The van der Waals surface area contributed by atoms with Crippen molar-refractivity contribution >= 4 is 22.9 Å². The average molecular weight is 328 g/mol. The average Bonchev–Trinajstić information content (AvgIpc) is 3.01. The fraction of sp³-hybridized carbons (Fsp3) is 0.375. The van der Waals surface area contributed by atoms with Crippen molar-refractivity contribution in [2.75, 3.05) is 6.54 Å². The van der Waals surface area contributed by atoms with Crippen LogP contribution in [0, 0.1) is 11.6 Å². The van der Waals surface area contributed by atoms with Gasteiger partial charge in [-0.05, 0) is 55.1 Å². The zero-order valence-electron chi connectivity index (χ0n) is 11.7. The Morgan fingerprint density at radius 1 is 1.24 bits per heavy atom. The second kappa shape index (κ2) is 6.03. The van der Waals surface area contributed by atoms with Crippen LogP contribution in [0.3, 0.4) is 0 Å². The standard InChI is InChI=1S/C16H16ClF2NS/c1-2-20-16(10-7-12(18)13(19)8-11(10)17)15-6-9-4-3-5-14(9)21-15/h6-8,16,20H,2-5H2,1H3. The van der Waals surface area contributed by atoms with Crippen molar-refractivity contribution in [2.45, 2.75) is 32.2 Å². The monoisotopic (exact) mass is 327 g/mol. The van der Waals surface area contributed by atoms with Gasteiger partial charge in [0.15, 0.2) is 11.6 Å². The fourth-order valence-corrected chi connectivity index (χ4v) is 4.43. The summed E-state index contributed by atoms with van der Waals surface area (Å²) in [7, 11) is 0. The van der Waals surface area contributed by atoms with E-state index in [9.17, 15) is 8.78 Å². The SMILES string of the molecule is CCNC(c1cc2c(s1)CCC2)c1cc(F)c(F)cc1Cl. The Labute approximate surface area is 131 Å². The van der Waals surface area contributed by atoms with Crippen molar-refractivity contribution in [1.29, 1.82) is 0 Å². The summed E-state index contributed by atoms with van der Waals surface area (Å²) in [6.45, 7) is 2.71. The van der Waals surface area contributed by atoms with E-state index in [1.165, 1.54) is 22.9 Å². The van der Waals surface area contributed by atoms with Gasteiger partial charge in [-0.15, -0.1) is 11.3 Å². The van der Waals surface area contributed by atoms with Crippen LogP contribution in [0.25, 0.3) is 0 Å². The van der Waals surface area contributed by atoms with E-state index in [-0.39, 0.29) is 11.1 Å². The van der Waals surface area contributed by atoms with E-state index in [2.05, 4.69) is 11.4 Å². The van der Waals surface area contributed by atoms with E-state index in [0.717, 1.165) is 30.3 Å². The maximum Gasteiger partial charge on any atom is 0.160 e. The molecule has 1 atom stereocenters. The predicted molar refractivity (Wildman–Crippen MR) is 83.2 cm³/mol. The number of halogens is 3. The minimum Gasteiger partial charge on any atom is -0.306 e. The smallest absolute Gasteiger partial charge is 0.160 e. The number of thiophene rings is 1. The molecule has 1 aliphatic rings. The summed E-state index contributed by atoms with van der Waals surface area (Å²) in [5.74, 6) is -1.77. The molecular formula is C16H16ClF2NS. The molecule has 0 bridgehead atoms. The lowest BCUT2D eigenvalue weighted by molar-refractivity contribution is 0.504. The molecule has 0 radical (unpaired) electrons. The van der Waals surface area contributed by atoms with Crippen LogP contribution in [0.2, 0.25) is 5.02 Å². The van der Waals surface area contributed by atoms with Gasteiger partial charge in [-0.1, -0.05) is 18.5 Å². The number of benzene rings is 1. The number of aryl methyl sites for hydroxylation is 2. The number of rotatable bonds is 4. The predicted octanol–water partition coefficient (Wildman–Crippen LogP) is 4.87. The molecule has 0 aliphatic heterocycles. The van der Waals surface area contributed by atoms with Crippen molar-refractivity contribution < 1.29 is 8.78 Å². The highest BCUT2D eigenvalue weighted by Crippen LogP contribution is 2.38. The normalized spacial score (nSPS) is 15.2. The Bertz CT molecular complexity index is 647. The Hall–Kier alpha value is -0.970. The fourth-order valence-electron chi connectivity index (χ4n) is 2.82. The second-order valence-corrected chi connectivity index (χ2v) is 6.80. The molecule has 112 valence electrons. The van der Waals surface area contributed by atoms with Crippen molar-refractivity contribution in [3.8, 4) is 0 Å². The molecule has 21 heavy (non-hydrogen) atoms. The van der Waals surface area contributed by atoms with Gasteiger partial charge in [0.1, 0.15) is 0 Å². The molecule has 1 aromatic carbocycles. The van der Waals surface area contributed by atoms with Crippen LogP contribution in [-0.2, 0) is 12.8 Å². The van der Waals surface area contributed by atoms with Crippen LogP contribution in [0.15, 0.2) is 18.2 Å². The largest absolute Gasteiger partial charge is 0.306 e. The minimum absolute atomic E-state index is 0.187. The molecule has 0 saturated heterocycles. The van der Waals surface area contributed by atoms with Gasteiger partial charge in [0.2, 0.25) is 0 Å². The van der Waals surface area contributed by atoms with Gasteiger partial charge in [0.25, 0.3) is 0 Å². The molecule has 1 aliphatic carbocycles. The van der Waals surface area contributed by atoms with E-state index in [1.807, 2.05) is 6.92 Å². The first-order chi connectivity index (χ1) is 10.1. The van der Waals surface area contributed by atoms with E-state index >= 15 is 0 Å². The van der Waals surface area contributed by atoms with Crippen LogP contribution in [-0.4, -0.2) is 6.54 Å². The van der Waals surface area contributed by atoms with Crippen LogP contribution < -0.4 is 5.32 Å². The van der Waals surface area contributed by atoms with Gasteiger partial charge >= 0.3 is 0 Å². The number of hydrogen-bond acceptors (Lipinski definition) is 2. The highest BCUT2D eigenvalue weighted by atomic mass is 35.5. The molecule has 0 fully saturated rings. The Kier molecular flexibility index (Phi) is 4.29. The third-order valence-corrected chi connectivity index (χ3v) is 5.44. The summed E-state index contributed by atoms with van der Waals surface area (Å²) < 4.78 is 26.8. The summed E-state index contributed by atoms with van der Waals surface area (Å²) in [6.07, 6.45) is 3.43. The Morgan fingerprint density at radius 3 is 2.71 bits per heavy atom. The molecule has 0 amide bonds. The van der Waals surface area contributed by atoms with Gasteiger partial charge < -0.3 is 5.32 Å². The van der Waals surface area contributed by atoms with Crippen molar-refractivity contribution in [3.63, 3.8) is 0 Å². The molecule has 1 nitrogen and oxygen atoms in total. The lowest BCUT2D eigenvalue weighted by atomic mass is 10.0. The van der Waals surface area contributed by atoms with E-state index in [4.69, 9.17) is 11.6 Å². The highest BCUT2D eigenvalue weighted by Gasteiger charge is 2.23. The molecule has 1 N–H and O–H groups in total. The molecule has 0 spiro atoms. The number of hydrogen-bond donors (Lipinski definition) is 1. The third kappa shape index (κ3) is 2.85. The lowest BCUT2D eigenvalue weighted by Gasteiger charge is -2.19. The van der Waals surface area contributed by atoms with Gasteiger partial charge in [0, 0.05) is 14.8 Å². The van der Waals surface area contributed by atoms with E-state index in [0.29, 0.717) is 5.56 Å². The van der Waals surface area contributed by atoms with Gasteiger partial charge in [0.05, 0.1) is 6.04 Å². The van der Waals surface area contributed by atoms with Crippen LogP contribution in [0.4, 0.5) is 8.78 Å². The number of nitrogens with one attached hydrogen (secondary N) is 1. The first kappa shape index (κ1) is 14.9. The molecule has 1 aromatic heterocycles. The lowest BCUT2D eigenvalue weighted by Crippen LogP contribution is -2.21. The first-order valence-electron chi connectivity index (χ1n) is 7.09. The van der Waals surface area contributed by atoms with Crippen LogP contribution in [0.5, 0.6) is 0 Å². The van der Waals surface area contributed by atoms with Gasteiger partial charge in [-0.2, -0.15) is 0 Å². The summed E-state index contributed by atoms with van der Waals surface area (Å²) >= 11 is 7.88. The molecule has 5 heteroatoms. The molecule has 1 heterocycles. The minimum atomic E-state index is -0.910. The Morgan fingerprint density at radius 2 is 2.00 bits per heavy atom. The van der Waals surface area contributed by atoms with E-state index in [1.54, 1.807) is 11.3 Å². The summed E-state index contributed by atoms with van der Waals surface area (Å²) in [5, 5.41) is 3.59. The zero-order valence-corrected chi connectivity index (χ0v) is 13.3. The van der Waals surface area contributed by atoms with Crippen LogP contribution >= 0.6 is 22.9 Å². The van der Waals surface area contributed by atoms with Gasteiger partial charge in [-0.3, -0.25) is 0 Å². The van der Waals surface area contributed by atoms with E-state index < -0.39 is 11.6 Å². The van der Waals surface area contributed by atoms with Crippen molar-refractivity contribution in [3.05, 3.63) is 55.7 Å². The highest BCUT2D eigenvalue weighted by molar-refractivity contribution is 7.12. The topological polar surface area (TPSA) is 12.0 Å². The summed E-state index contributed by atoms with van der Waals surface area (Å²) in [6, 6.07) is 4.25. The summed E-state index contributed by atoms with van der Waals surface area (Å²) in [5.41, 5.74) is 1.98. The molecule has 1 unspecified atom stereocenters. The third-order valence-electron chi connectivity index (χ3n) is 3.81. The van der Waals surface area contributed by atoms with Crippen LogP contribution in [0.1, 0.15) is 40.3 Å². The molecule has 0 saturated carbocycles. The molecule has 2 aromatic rings. The van der Waals surface area contributed by atoms with Gasteiger partial charge in [-0.25, -0.2) is 8.78 Å². The maximum atomic E-state index is 13.6. The second-order valence-electron chi connectivity index (χ2n) is 5.23. The summed E-state index contributed by atoms with van der Waals surface area (Å²) in [4.78, 5) is 2.53. The molecular weight excluding hydrogens is 312 g/mol. The van der Waals surface area contributed by atoms with Crippen molar-refractivity contribution in [1.82, 2.24) is 5.32 Å². The molecule has 3 rings (SSSR count). The van der Waals surface area contributed by atoms with Crippen molar-refractivity contribution in [2.24, 2.45) is 0 Å². The maximum absolute atomic E-state index is 13.6. The number of fused-ring (bicyclic) bond motifs is 1.